The number of rotatable bonds is 2. The number of aliphatic hydroxyl groups is 3. The molecule has 0 bridgehead atoms. The van der Waals surface area contributed by atoms with Gasteiger partial charge in [-0.05, 0) is 0 Å². The van der Waals surface area contributed by atoms with Crippen molar-refractivity contribution >= 4 is 0 Å². The van der Waals surface area contributed by atoms with Crippen molar-refractivity contribution in [2.75, 3.05) is 6.61 Å². The van der Waals surface area contributed by atoms with Gasteiger partial charge in [0.1, 0.15) is 18.3 Å². The molecule has 1 aromatic heterocycles. The molecule has 0 spiro atoms. The van der Waals surface area contributed by atoms with Gasteiger partial charge in [0.15, 0.2) is 6.23 Å². The van der Waals surface area contributed by atoms with Crippen LogP contribution in [0.1, 0.15) is 6.23 Å². The van der Waals surface area contributed by atoms with Crippen molar-refractivity contribution in [3.63, 3.8) is 0 Å². The van der Waals surface area contributed by atoms with Crippen LogP contribution in [-0.2, 0) is 4.74 Å². The Kier molecular flexibility index (Phi) is 3.11. The maximum atomic E-state index is 11.4. The highest BCUT2D eigenvalue weighted by Gasteiger charge is 2.43. The topological polar surface area (TPSA) is 125 Å². The molecule has 4 atom stereocenters. The van der Waals surface area contributed by atoms with E-state index in [9.17, 15) is 19.8 Å². The van der Waals surface area contributed by atoms with Gasteiger partial charge in [-0.3, -0.25) is 14.3 Å². The van der Waals surface area contributed by atoms with E-state index in [2.05, 4.69) is 0 Å². The van der Waals surface area contributed by atoms with Crippen molar-refractivity contribution in [3.8, 4) is 0 Å². The van der Waals surface area contributed by atoms with Crippen LogP contribution < -0.4 is 11.2 Å². The van der Waals surface area contributed by atoms with Crippen LogP contribution in [0, 0.1) is 0 Å². The molecule has 17 heavy (non-hydrogen) atoms. The average Bonchev–Trinajstić information content (AvgIpc) is 2.57. The van der Waals surface area contributed by atoms with Crippen LogP contribution in [-0.4, -0.2) is 49.8 Å². The van der Waals surface area contributed by atoms with E-state index in [4.69, 9.17) is 9.84 Å². The van der Waals surface area contributed by atoms with Crippen molar-refractivity contribution in [2.24, 2.45) is 0 Å². The molecule has 1 aromatic rings. The van der Waals surface area contributed by atoms with Crippen molar-refractivity contribution < 1.29 is 20.1 Å². The normalized spacial score (nSPS) is 32.9. The summed E-state index contributed by atoms with van der Waals surface area (Å²) < 4.78 is 6.08. The number of H-pyrrole nitrogens is 1. The molecule has 94 valence electrons. The van der Waals surface area contributed by atoms with Crippen LogP contribution in [0.2, 0.25) is 0 Å². The summed E-state index contributed by atoms with van der Waals surface area (Å²) in [4.78, 5) is 24.3. The standard InChI is InChI=1S/C9H12N2O6/c12-3-4-6(14)7(15)8(17-4)11-2-1-5(13)10-9(11)16/h1-2,4,6-8,12,14-15H,3H2,(H,10,13,16)/t4-,6-,7-,8-/m1/s1/i9+1. The second kappa shape index (κ2) is 4.41. The van der Waals surface area contributed by atoms with Gasteiger partial charge in [-0.1, -0.05) is 0 Å². The minimum atomic E-state index is -1.35. The lowest BCUT2D eigenvalue weighted by Crippen LogP contribution is -2.37. The summed E-state index contributed by atoms with van der Waals surface area (Å²) >= 11 is 0. The number of ether oxygens (including phenoxy) is 1. The molecular formula is C9H12N2O6. The Morgan fingerprint density at radius 3 is 2.59 bits per heavy atom. The van der Waals surface area contributed by atoms with Crippen molar-refractivity contribution in [2.45, 2.75) is 24.5 Å². The third-order valence-electron chi connectivity index (χ3n) is 2.64. The van der Waals surface area contributed by atoms with Gasteiger partial charge in [-0.2, -0.15) is 0 Å². The summed E-state index contributed by atoms with van der Waals surface area (Å²) in [6.07, 6.45) is -3.58. The van der Waals surface area contributed by atoms with Gasteiger partial charge in [0.2, 0.25) is 0 Å². The maximum Gasteiger partial charge on any atom is 0.330 e. The minimum absolute atomic E-state index is 0.479. The third kappa shape index (κ3) is 2.03. The average molecular weight is 245 g/mol. The van der Waals surface area contributed by atoms with Gasteiger partial charge >= 0.3 is 5.69 Å². The highest BCUT2D eigenvalue weighted by Crippen LogP contribution is 2.27. The second-order valence-electron chi connectivity index (χ2n) is 3.75. The Morgan fingerprint density at radius 2 is 2.06 bits per heavy atom. The van der Waals surface area contributed by atoms with Gasteiger partial charge in [-0.15, -0.1) is 0 Å². The molecule has 0 aromatic carbocycles. The first-order valence-corrected chi connectivity index (χ1v) is 4.98. The molecular weight excluding hydrogens is 233 g/mol. The lowest BCUT2D eigenvalue weighted by atomic mass is 10.1. The molecule has 1 aliphatic rings. The lowest BCUT2D eigenvalue weighted by molar-refractivity contribution is -0.0550. The highest BCUT2D eigenvalue weighted by atomic mass is 16.6. The summed E-state index contributed by atoms with van der Waals surface area (Å²) in [5.41, 5.74) is -1.33. The summed E-state index contributed by atoms with van der Waals surface area (Å²) in [6.45, 7) is -0.479. The van der Waals surface area contributed by atoms with Gasteiger partial charge in [0.05, 0.1) is 6.61 Å². The number of aromatic nitrogens is 2. The van der Waals surface area contributed by atoms with Gasteiger partial charge in [0.25, 0.3) is 5.56 Å². The number of nitrogens with zero attached hydrogens (tertiary/aromatic N) is 1. The molecule has 0 saturated carbocycles. The third-order valence-corrected chi connectivity index (χ3v) is 2.64. The summed E-state index contributed by atoms with van der Waals surface area (Å²) in [5, 5.41) is 28.1. The van der Waals surface area contributed by atoms with Gasteiger partial charge in [0, 0.05) is 12.3 Å². The molecule has 2 heterocycles. The van der Waals surface area contributed by atoms with E-state index in [0.29, 0.717) is 0 Å². The predicted octanol–water partition coefficient (Wildman–Crippen LogP) is -2.85. The van der Waals surface area contributed by atoms with Crippen molar-refractivity contribution in [1.82, 2.24) is 9.55 Å². The van der Waals surface area contributed by atoms with E-state index in [1.807, 2.05) is 4.98 Å². The smallest absolute Gasteiger partial charge is 0.330 e. The molecule has 8 heteroatoms. The van der Waals surface area contributed by atoms with Crippen LogP contribution in [0.15, 0.2) is 21.9 Å². The summed E-state index contributed by atoms with van der Waals surface area (Å²) in [5.74, 6) is 0. The van der Waals surface area contributed by atoms with Crippen LogP contribution >= 0.6 is 0 Å². The number of nitrogens with one attached hydrogen (secondary N) is 1. The van der Waals surface area contributed by atoms with Crippen LogP contribution in [0.3, 0.4) is 0 Å². The monoisotopic (exact) mass is 245 g/mol. The van der Waals surface area contributed by atoms with E-state index in [-0.39, 0.29) is 0 Å². The molecule has 1 fully saturated rings. The molecule has 0 amide bonds. The molecule has 2 rings (SSSR count). The van der Waals surface area contributed by atoms with Crippen molar-refractivity contribution in [3.05, 3.63) is 33.1 Å². The molecule has 4 N–H and O–H groups in total. The van der Waals surface area contributed by atoms with Gasteiger partial charge < -0.3 is 20.1 Å². The van der Waals surface area contributed by atoms with Crippen LogP contribution in [0.4, 0.5) is 0 Å². The molecule has 8 nitrogen and oxygen atoms in total. The first kappa shape index (κ1) is 12.0. The van der Waals surface area contributed by atoms with Gasteiger partial charge in [-0.25, -0.2) is 4.79 Å². The Hall–Kier alpha value is -1.48. The molecule has 0 aliphatic carbocycles. The molecule has 0 unspecified atom stereocenters. The molecule has 1 saturated heterocycles. The van der Waals surface area contributed by atoms with E-state index < -0.39 is 42.4 Å². The van der Waals surface area contributed by atoms with E-state index in [1.165, 1.54) is 0 Å². The number of hydrogen-bond donors (Lipinski definition) is 4. The SMILES string of the molecule is O=c1ccn([C@@H]2O[C@H](CO)[C@@H](O)[C@H]2O)[13c](=O)[nH]1. The fraction of sp³-hybridized carbons (Fsp3) is 0.556. The van der Waals surface area contributed by atoms with E-state index in [1.54, 1.807) is 0 Å². The summed E-state index contributed by atoms with van der Waals surface area (Å²) in [7, 11) is 0. The minimum Gasteiger partial charge on any atom is -0.394 e. The lowest BCUT2D eigenvalue weighted by Gasteiger charge is -2.16. The quantitative estimate of drug-likeness (QED) is 0.444. The fourth-order valence-electron chi connectivity index (χ4n) is 1.74. The fourth-order valence-corrected chi connectivity index (χ4v) is 1.74. The Labute approximate surface area is 94.7 Å². The first-order chi connectivity index (χ1) is 8.04. The largest absolute Gasteiger partial charge is 0.394 e. The van der Waals surface area contributed by atoms with E-state index in [0.717, 1.165) is 16.8 Å². The zero-order valence-corrected chi connectivity index (χ0v) is 8.68. The number of hydrogen-bond acceptors (Lipinski definition) is 6. The Morgan fingerprint density at radius 1 is 1.35 bits per heavy atom. The number of aromatic amines is 1. The number of aliphatic hydroxyl groups excluding tert-OH is 3. The highest BCUT2D eigenvalue weighted by molar-refractivity contribution is 4.92. The maximum absolute atomic E-state index is 11.4. The summed E-state index contributed by atoms with van der Waals surface area (Å²) in [6, 6.07) is 1.09. The molecule has 0 radical (unpaired) electrons. The second-order valence-corrected chi connectivity index (χ2v) is 3.75. The zero-order chi connectivity index (χ0) is 12.6. The zero-order valence-electron chi connectivity index (χ0n) is 8.68. The Bertz CT molecular complexity index is 509. The Balaban J connectivity index is 2.35. The van der Waals surface area contributed by atoms with Crippen LogP contribution in [0.5, 0.6) is 0 Å². The predicted molar refractivity (Wildman–Crippen MR) is 54.3 cm³/mol. The van der Waals surface area contributed by atoms with E-state index >= 15 is 0 Å². The van der Waals surface area contributed by atoms with Crippen LogP contribution in [0.25, 0.3) is 0 Å². The first-order valence-electron chi connectivity index (χ1n) is 4.98. The molecule has 1 aliphatic heterocycles. The van der Waals surface area contributed by atoms with Crippen molar-refractivity contribution in [1.29, 1.82) is 0 Å².